The predicted molar refractivity (Wildman–Crippen MR) is 78.6 cm³/mol. The Morgan fingerprint density at radius 2 is 2.00 bits per heavy atom. The van der Waals surface area contributed by atoms with Gasteiger partial charge in [-0.3, -0.25) is 4.79 Å². The summed E-state index contributed by atoms with van der Waals surface area (Å²) in [4.78, 5) is 14.0. The Bertz CT molecular complexity index is 369. The minimum atomic E-state index is -0.562. The second-order valence-electron chi connectivity index (χ2n) is 4.47. The molecule has 0 fully saturated rings. The van der Waals surface area contributed by atoms with E-state index in [1.807, 2.05) is 37.4 Å². The summed E-state index contributed by atoms with van der Waals surface area (Å²) in [5.41, 5.74) is 6.88. The molecule has 1 rings (SSSR count). The monoisotopic (exact) mass is 266 g/mol. The number of rotatable bonds is 6. The van der Waals surface area contributed by atoms with E-state index in [-0.39, 0.29) is 11.9 Å². The summed E-state index contributed by atoms with van der Waals surface area (Å²) in [6.07, 6.45) is 3.06. The number of carbonyl (C=O) groups is 1. The average Bonchev–Trinajstić information content (AvgIpc) is 2.43. The lowest BCUT2D eigenvalue weighted by Crippen LogP contribution is -2.41. The van der Waals surface area contributed by atoms with Gasteiger partial charge in [0.2, 0.25) is 5.91 Å². The van der Waals surface area contributed by atoms with E-state index >= 15 is 0 Å². The number of likely N-dealkylation sites (N-methyl/N-ethyl adjacent to an activating group) is 1. The third-order valence-electron chi connectivity index (χ3n) is 3.17. The summed E-state index contributed by atoms with van der Waals surface area (Å²) in [5.74, 6) is 1.04. The van der Waals surface area contributed by atoms with Crippen molar-refractivity contribution in [3.63, 3.8) is 0 Å². The van der Waals surface area contributed by atoms with Crippen LogP contribution in [0.4, 0.5) is 0 Å². The van der Waals surface area contributed by atoms with E-state index in [0.717, 1.165) is 17.7 Å². The Morgan fingerprint density at radius 3 is 2.56 bits per heavy atom. The number of nitrogens with zero attached hydrogens (tertiary/aromatic N) is 1. The van der Waals surface area contributed by atoms with Gasteiger partial charge in [-0.25, -0.2) is 0 Å². The molecule has 1 unspecified atom stereocenters. The lowest BCUT2D eigenvalue weighted by atomic mass is 10.1. The van der Waals surface area contributed by atoms with Gasteiger partial charge in [-0.15, -0.1) is 0 Å². The van der Waals surface area contributed by atoms with Crippen LogP contribution in [0.2, 0.25) is 0 Å². The Morgan fingerprint density at radius 1 is 1.39 bits per heavy atom. The van der Waals surface area contributed by atoms with Crippen molar-refractivity contribution >= 4 is 17.7 Å². The van der Waals surface area contributed by atoms with Gasteiger partial charge in [-0.1, -0.05) is 30.3 Å². The molecular formula is C14H22N2OS. The van der Waals surface area contributed by atoms with E-state index in [2.05, 4.69) is 13.2 Å². The van der Waals surface area contributed by atoms with Crippen LogP contribution in [0.25, 0.3) is 0 Å². The van der Waals surface area contributed by atoms with Crippen LogP contribution in [0.5, 0.6) is 0 Å². The van der Waals surface area contributed by atoms with E-state index in [1.54, 1.807) is 16.7 Å². The molecule has 0 aliphatic rings. The molecule has 4 heteroatoms. The number of amides is 1. The molecule has 2 atom stereocenters. The van der Waals surface area contributed by atoms with Crippen LogP contribution in [0.1, 0.15) is 24.9 Å². The molecule has 0 saturated carbocycles. The highest BCUT2D eigenvalue weighted by Crippen LogP contribution is 2.15. The van der Waals surface area contributed by atoms with Gasteiger partial charge in [0, 0.05) is 13.1 Å². The second-order valence-corrected chi connectivity index (χ2v) is 5.45. The van der Waals surface area contributed by atoms with Crippen molar-refractivity contribution in [2.75, 3.05) is 19.1 Å². The number of thioether (sulfide) groups is 1. The molecule has 3 nitrogen and oxygen atoms in total. The van der Waals surface area contributed by atoms with Crippen molar-refractivity contribution in [3.05, 3.63) is 35.9 Å². The molecule has 1 aromatic carbocycles. The first-order valence-electron chi connectivity index (χ1n) is 6.14. The zero-order valence-corrected chi connectivity index (χ0v) is 12.1. The second kappa shape index (κ2) is 7.44. The molecule has 0 spiro atoms. The van der Waals surface area contributed by atoms with Gasteiger partial charge < -0.3 is 10.6 Å². The minimum absolute atomic E-state index is 0.0187. The third kappa shape index (κ3) is 4.03. The molecule has 0 aromatic heterocycles. The fourth-order valence-corrected chi connectivity index (χ4v) is 2.30. The van der Waals surface area contributed by atoms with Crippen LogP contribution in [0.15, 0.2) is 30.3 Å². The van der Waals surface area contributed by atoms with E-state index < -0.39 is 6.04 Å². The van der Waals surface area contributed by atoms with Crippen molar-refractivity contribution < 1.29 is 4.79 Å². The van der Waals surface area contributed by atoms with E-state index in [1.165, 1.54) is 0 Å². The number of hydrogen-bond acceptors (Lipinski definition) is 3. The summed E-state index contributed by atoms with van der Waals surface area (Å²) in [5, 5.41) is 0. The molecule has 0 saturated heterocycles. The Hall–Kier alpha value is -1.00. The predicted octanol–water partition coefficient (Wildman–Crippen LogP) is 2.29. The largest absolute Gasteiger partial charge is 0.341 e. The number of nitrogens with two attached hydrogens (primary N) is 1. The van der Waals surface area contributed by atoms with E-state index in [4.69, 9.17) is 5.73 Å². The molecule has 2 N–H and O–H groups in total. The maximum atomic E-state index is 12.2. The fraction of sp³-hybridized carbons (Fsp3) is 0.500. The first-order valence-corrected chi connectivity index (χ1v) is 7.53. The highest BCUT2D eigenvalue weighted by molar-refractivity contribution is 7.98. The van der Waals surface area contributed by atoms with Crippen LogP contribution in [0.3, 0.4) is 0 Å². The standard InChI is InChI=1S/C14H22N2OS/c1-11(9-10-18-3)16(2)14(17)13(15)12-7-5-4-6-8-12/h4-8,11,13H,9-10,15H2,1-3H3/t11?,13-/m1/s1. The molecular weight excluding hydrogens is 244 g/mol. The van der Waals surface area contributed by atoms with Crippen LogP contribution >= 0.6 is 11.8 Å². The summed E-state index contributed by atoms with van der Waals surface area (Å²) >= 11 is 1.79. The molecule has 1 amide bonds. The molecule has 0 aliphatic carbocycles. The van der Waals surface area contributed by atoms with Gasteiger partial charge >= 0.3 is 0 Å². The summed E-state index contributed by atoms with van der Waals surface area (Å²) in [6, 6.07) is 9.17. The lowest BCUT2D eigenvalue weighted by Gasteiger charge is -2.27. The van der Waals surface area contributed by atoms with Crippen molar-refractivity contribution in [3.8, 4) is 0 Å². The average molecular weight is 266 g/mol. The SMILES string of the molecule is CSCCC(C)N(C)C(=O)[C@H](N)c1ccccc1. The van der Waals surface area contributed by atoms with Crippen molar-refractivity contribution in [2.45, 2.75) is 25.4 Å². The van der Waals surface area contributed by atoms with E-state index in [9.17, 15) is 4.79 Å². The zero-order valence-electron chi connectivity index (χ0n) is 11.3. The maximum Gasteiger partial charge on any atom is 0.244 e. The first kappa shape index (κ1) is 15.1. The quantitative estimate of drug-likeness (QED) is 0.859. The molecule has 0 heterocycles. The van der Waals surface area contributed by atoms with Gasteiger partial charge in [0.1, 0.15) is 6.04 Å². The van der Waals surface area contributed by atoms with Gasteiger partial charge in [0.25, 0.3) is 0 Å². The topological polar surface area (TPSA) is 46.3 Å². The summed E-state index contributed by atoms with van der Waals surface area (Å²) in [6.45, 7) is 2.06. The van der Waals surface area contributed by atoms with Gasteiger partial charge in [0.15, 0.2) is 0 Å². The normalized spacial score (nSPS) is 14.0. The Kier molecular flexibility index (Phi) is 6.22. The van der Waals surface area contributed by atoms with Crippen molar-refractivity contribution in [2.24, 2.45) is 5.73 Å². The van der Waals surface area contributed by atoms with Crippen LogP contribution in [-0.2, 0) is 4.79 Å². The van der Waals surface area contributed by atoms with Crippen LogP contribution < -0.4 is 5.73 Å². The van der Waals surface area contributed by atoms with Crippen molar-refractivity contribution in [1.82, 2.24) is 4.90 Å². The third-order valence-corrected chi connectivity index (χ3v) is 3.82. The number of hydrogen-bond donors (Lipinski definition) is 1. The van der Waals surface area contributed by atoms with Gasteiger partial charge in [-0.05, 0) is 30.9 Å². The Labute approximate surface area is 114 Å². The van der Waals surface area contributed by atoms with Crippen molar-refractivity contribution in [1.29, 1.82) is 0 Å². The molecule has 0 aliphatic heterocycles. The number of benzene rings is 1. The Balaban J connectivity index is 2.63. The minimum Gasteiger partial charge on any atom is -0.341 e. The highest BCUT2D eigenvalue weighted by atomic mass is 32.2. The zero-order chi connectivity index (χ0) is 13.5. The smallest absolute Gasteiger partial charge is 0.244 e. The highest BCUT2D eigenvalue weighted by Gasteiger charge is 2.22. The number of carbonyl (C=O) groups excluding carboxylic acids is 1. The molecule has 0 radical (unpaired) electrons. The maximum absolute atomic E-state index is 12.2. The lowest BCUT2D eigenvalue weighted by molar-refractivity contribution is -0.133. The van der Waals surface area contributed by atoms with Crippen LogP contribution in [0, 0.1) is 0 Å². The molecule has 0 bridgehead atoms. The van der Waals surface area contributed by atoms with E-state index in [0.29, 0.717) is 0 Å². The first-order chi connectivity index (χ1) is 8.57. The molecule has 18 heavy (non-hydrogen) atoms. The fourth-order valence-electron chi connectivity index (χ4n) is 1.72. The van der Waals surface area contributed by atoms with Gasteiger partial charge in [-0.2, -0.15) is 11.8 Å². The van der Waals surface area contributed by atoms with Gasteiger partial charge in [0.05, 0.1) is 0 Å². The molecule has 100 valence electrons. The molecule has 1 aromatic rings. The summed E-state index contributed by atoms with van der Waals surface area (Å²) < 4.78 is 0. The summed E-state index contributed by atoms with van der Waals surface area (Å²) in [7, 11) is 1.83. The van der Waals surface area contributed by atoms with Crippen LogP contribution in [-0.4, -0.2) is 35.9 Å².